The van der Waals surface area contributed by atoms with E-state index in [9.17, 15) is 9.59 Å². The van der Waals surface area contributed by atoms with Crippen LogP contribution in [-0.4, -0.2) is 60.3 Å². The van der Waals surface area contributed by atoms with Crippen molar-refractivity contribution in [3.05, 3.63) is 50.8 Å². The molecule has 0 saturated heterocycles. The number of aromatic amines is 1. The van der Waals surface area contributed by atoms with E-state index in [1.54, 1.807) is 0 Å². The number of nitrogens with zero attached hydrogens (tertiary/aromatic N) is 2. The molecule has 0 radical (unpaired) electrons. The Morgan fingerprint density at radius 2 is 2.07 bits per heavy atom. The smallest absolute Gasteiger partial charge is 0.256 e. The second-order valence-electron chi connectivity index (χ2n) is 7.92. The zero-order valence-electron chi connectivity index (χ0n) is 16.9. The Balaban J connectivity index is 1.71. The second kappa shape index (κ2) is 7.80. The van der Waals surface area contributed by atoms with E-state index in [2.05, 4.69) is 31.1 Å². The van der Waals surface area contributed by atoms with Crippen molar-refractivity contribution in [3.8, 4) is 0 Å². The highest BCUT2D eigenvalue weighted by Gasteiger charge is 2.29. The molecular formula is C22H25BrN4O2. The summed E-state index contributed by atoms with van der Waals surface area (Å²) >= 11 is 3.48. The molecule has 0 unspecified atom stereocenters. The lowest BCUT2D eigenvalue weighted by Crippen LogP contribution is -2.36. The number of anilines is 1. The van der Waals surface area contributed by atoms with Crippen LogP contribution in [0.1, 0.15) is 39.3 Å². The predicted molar refractivity (Wildman–Crippen MR) is 119 cm³/mol. The maximum atomic E-state index is 13.2. The first-order valence-corrected chi connectivity index (χ1v) is 10.6. The molecule has 2 aliphatic rings. The molecule has 6 nitrogen and oxygen atoms in total. The minimum absolute atomic E-state index is 0.0803. The fourth-order valence-electron chi connectivity index (χ4n) is 3.99. The largest absolute Gasteiger partial charge is 0.358 e. The molecule has 4 rings (SSSR count). The Labute approximate surface area is 179 Å². The average molecular weight is 457 g/mol. The number of amides is 2. The number of aryl methyl sites for hydroxylation is 1. The molecule has 0 atom stereocenters. The van der Waals surface area contributed by atoms with E-state index in [0.717, 1.165) is 70.7 Å². The van der Waals surface area contributed by atoms with Gasteiger partial charge in [0.05, 0.1) is 11.1 Å². The number of halogens is 1. The third-order valence-electron chi connectivity index (χ3n) is 5.59. The lowest BCUT2D eigenvalue weighted by molar-refractivity contribution is -0.110. The van der Waals surface area contributed by atoms with Crippen LogP contribution in [0.15, 0.2) is 22.7 Å². The normalized spacial score (nSPS) is 17.6. The molecule has 0 fully saturated rings. The molecule has 2 amide bonds. The molecule has 0 aliphatic carbocycles. The summed E-state index contributed by atoms with van der Waals surface area (Å²) in [6, 6.07) is 5.74. The highest BCUT2D eigenvalue weighted by Crippen LogP contribution is 2.36. The SMILES string of the molecule is Cc1c(C=C2C(=O)Nc3ccc(Br)cc32)[nH]c2c1C(=O)N(CCN(C)C)CCC2. The maximum absolute atomic E-state index is 13.2. The number of H-pyrrole nitrogens is 1. The molecule has 1 aromatic heterocycles. The van der Waals surface area contributed by atoms with Crippen molar-refractivity contribution in [2.24, 2.45) is 0 Å². The second-order valence-corrected chi connectivity index (χ2v) is 8.83. The zero-order valence-corrected chi connectivity index (χ0v) is 18.5. The molecule has 2 aromatic rings. The van der Waals surface area contributed by atoms with Crippen LogP contribution >= 0.6 is 15.9 Å². The third kappa shape index (κ3) is 3.76. The van der Waals surface area contributed by atoms with Gasteiger partial charge in [0.2, 0.25) is 0 Å². The quantitative estimate of drug-likeness (QED) is 0.691. The summed E-state index contributed by atoms with van der Waals surface area (Å²) in [6.45, 7) is 4.29. The van der Waals surface area contributed by atoms with Gasteiger partial charge in [0.25, 0.3) is 11.8 Å². The van der Waals surface area contributed by atoms with E-state index < -0.39 is 0 Å². The number of nitrogens with one attached hydrogen (secondary N) is 2. The standard InChI is InChI=1S/C22H25BrN4O2/c1-13-19(12-16-15-11-14(23)6-7-17(15)25-21(16)28)24-18-5-4-8-27(10-9-26(2)3)22(29)20(13)18/h6-7,11-12,24H,4-5,8-10H2,1-3H3,(H,25,28). The van der Waals surface area contributed by atoms with Crippen LogP contribution in [0.4, 0.5) is 5.69 Å². The predicted octanol–water partition coefficient (Wildman–Crippen LogP) is 3.53. The number of benzene rings is 1. The summed E-state index contributed by atoms with van der Waals surface area (Å²) in [7, 11) is 4.03. The molecule has 0 spiro atoms. The van der Waals surface area contributed by atoms with Gasteiger partial charge in [-0.25, -0.2) is 0 Å². The van der Waals surface area contributed by atoms with Gasteiger partial charge in [-0.15, -0.1) is 0 Å². The van der Waals surface area contributed by atoms with Gasteiger partial charge in [-0.2, -0.15) is 0 Å². The van der Waals surface area contributed by atoms with Gasteiger partial charge < -0.3 is 20.1 Å². The molecule has 29 heavy (non-hydrogen) atoms. The van der Waals surface area contributed by atoms with Crippen LogP contribution in [0, 0.1) is 6.92 Å². The van der Waals surface area contributed by atoms with Crippen molar-refractivity contribution >= 4 is 45.1 Å². The highest BCUT2D eigenvalue weighted by atomic mass is 79.9. The number of hydrogen-bond acceptors (Lipinski definition) is 3. The van der Waals surface area contributed by atoms with Crippen LogP contribution in [0.25, 0.3) is 11.6 Å². The minimum atomic E-state index is -0.124. The fraction of sp³-hybridized carbons (Fsp3) is 0.364. The third-order valence-corrected chi connectivity index (χ3v) is 6.09. The summed E-state index contributed by atoms with van der Waals surface area (Å²) in [5.74, 6) is -0.0435. The number of hydrogen-bond donors (Lipinski definition) is 2. The number of aromatic nitrogens is 1. The number of carbonyl (C=O) groups is 2. The number of rotatable bonds is 4. The molecular weight excluding hydrogens is 432 g/mol. The van der Waals surface area contributed by atoms with E-state index in [-0.39, 0.29) is 11.8 Å². The monoisotopic (exact) mass is 456 g/mol. The van der Waals surface area contributed by atoms with E-state index in [0.29, 0.717) is 5.57 Å². The molecule has 0 bridgehead atoms. The highest BCUT2D eigenvalue weighted by molar-refractivity contribution is 9.10. The number of likely N-dealkylation sites (N-methyl/N-ethyl adjacent to an activating group) is 1. The van der Waals surface area contributed by atoms with Crippen molar-refractivity contribution in [1.82, 2.24) is 14.8 Å². The molecule has 2 N–H and O–H groups in total. The van der Waals surface area contributed by atoms with Gasteiger partial charge in [-0.1, -0.05) is 15.9 Å². The van der Waals surface area contributed by atoms with Gasteiger partial charge in [0.1, 0.15) is 0 Å². The Morgan fingerprint density at radius 1 is 1.28 bits per heavy atom. The zero-order chi connectivity index (χ0) is 20.7. The summed E-state index contributed by atoms with van der Waals surface area (Å²) in [5.41, 5.74) is 5.76. The Hall–Kier alpha value is -2.38. The van der Waals surface area contributed by atoms with Gasteiger partial charge in [-0.3, -0.25) is 9.59 Å². The summed E-state index contributed by atoms with van der Waals surface area (Å²) in [4.78, 5) is 33.2. The first-order valence-electron chi connectivity index (χ1n) is 9.83. The maximum Gasteiger partial charge on any atom is 0.256 e. The van der Waals surface area contributed by atoms with E-state index in [4.69, 9.17) is 0 Å². The lowest BCUT2D eigenvalue weighted by Gasteiger charge is -2.23. The van der Waals surface area contributed by atoms with Crippen LogP contribution in [0.2, 0.25) is 0 Å². The van der Waals surface area contributed by atoms with Crippen LogP contribution in [0.5, 0.6) is 0 Å². The number of carbonyl (C=O) groups excluding carboxylic acids is 2. The lowest BCUT2D eigenvalue weighted by atomic mass is 10.0. The van der Waals surface area contributed by atoms with Crippen molar-refractivity contribution in [2.75, 3.05) is 39.0 Å². The first-order chi connectivity index (χ1) is 13.8. The molecule has 2 aliphatic heterocycles. The fourth-order valence-corrected chi connectivity index (χ4v) is 4.35. The van der Waals surface area contributed by atoms with Gasteiger partial charge in [-0.05, 0) is 63.7 Å². The van der Waals surface area contributed by atoms with Gasteiger partial charge in [0.15, 0.2) is 0 Å². The van der Waals surface area contributed by atoms with Crippen molar-refractivity contribution < 1.29 is 9.59 Å². The molecule has 152 valence electrons. The van der Waals surface area contributed by atoms with Crippen molar-refractivity contribution in [1.29, 1.82) is 0 Å². The molecule has 7 heteroatoms. The van der Waals surface area contributed by atoms with E-state index in [1.807, 2.05) is 50.2 Å². The van der Waals surface area contributed by atoms with E-state index >= 15 is 0 Å². The van der Waals surface area contributed by atoms with Gasteiger partial charge >= 0.3 is 0 Å². The Morgan fingerprint density at radius 3 is 2.83 bits per heavy atom. The van der Waals surface area contributed by atoms with Crippen LogP contribution in [0.3, 0.4) is 0 Å². The first kappa shape index (κ1) is 19.9. The summed E-state index contributed by atoms with van der Waals surface area (Å²) < 4.78 is 0.921. The van der Waals surface area contributed by atoms with Crippen molar-refractivity contribution in [3.63, 3.8) is 0 Å². The van der Waals surface area contributed by atoms with E-state index in [1.165, 1.54) is 0 Å². The summed E-state index contributed by atoms with van der Waals surface area (Å²) in [5, 5.41) is 2.91. The molecule has 0 saturated carbocycles. The van der Waals surface area contributed by atoms with Crippen LogP contribution < -0.4 is 5.32 Å². The average Bonchev–Trinajstić information content (AvgIpc) is 3.08. The van der Waals surface area contributed by atoms with Crippen molar-refractivity contribution in [2.45, 2.75) is 19.8 Å². The van der Waals surface area contributed by atoms with Crippen LogP contribution in [-0.2, 0) is 11.2 Å². The molecule has 3 heterocycles. The minimum Gasteiger partial charge on any atom is -0.358 e. The summed E-state index contributed by atoms with van der Waals surface area (Å²) in [6.07, 6.45) is 3.63. The Bertz CT molecular complexity index is 1020. The number of fused-ring (bicyclic) bond motifs is 2. The molecule has 1 aromatic carbocycles. The van der Waals surface area contributed by atoms with Gasteiger partial charge in [0, 0.05) is 46.7 Å². The topological polar surface area (TPSA) is 68.4 Å². The Kier molecular flexibility index (Phi) is 5.36.